The number of aromatic nitrogens is 4. The highest BCUT2D eigenvalue weighted by Crippen LogP contribution is 2.35. The highest BCUT2D eigenvalue weighted by atomic mass is 32.2. The number of hydrogen-bond acceptors (Lipinski definition) is 24. The summed E-state index contributed by atoms with van der Waals surface area (Å²) in [7, 11) is -3.75. The molecule has 5 aliphatic rings. The van der Waals surface area contributed by atoms with E-state index in [1.807, 2.05) is 74.2 Å². The first kappa shape index (κ1) is 79.8. The van der Waals surface area contributed by atoms with Crippen molar-refractivity contribution < 1.29 is 84.6 Å². The van der Waals surface area contributed by atoms with Crippen LogP contribution in [0.15, 0.2) is 114 Å². The summed E-state index contributed by atoms with van der Waals surface area (Å²) < 4.78 is 83.9. The number of fused-ring (bicyclic) bond motifs is 1. The van der Waals surface area contributed by atoms with Crippen LogP contribution in [0.4, 0.5) is 19.2 Å². The van der Waals surface area contributed by atoms with Crippen molar-refractivity contribution in [2.24, 2.45) is 0 Å². The van der Waals surface area contributed by atoms with Gasteiger partial charge in [0, 0.05) is 126 Å². The lowest BCUT2D eigenvalue weighted by Gasteiger charge is -2.39. The van der Waals surface area contributed by atoms with E-state index in [-0.39, 0.29) is 86.0 Å². The first-order valence-corrected chi connectivity index (χ1v) is 36.4. The number of benzene rings is 3. The van der Waals surface area contributed by atoms with Gasteiger partial charge in [0.2, 0.25) is 9.84 Å². The Morgan fingerprint density at radius 2 is 1.05 bits per heavy atom. The van der Waals surface area contributed by atoms with Crippen molar-refractivity contribution in [2.75, 3.05) is 72.3 Å². The molecular formula is C75H90N8O22S. The number of rotatable bonds is 24. The van der Waals surface area contributed by atoms with Crippen LogP contribution in [0.25, 0.3) is 6.08 Å². The van der Waals surface area contributed by atoms with E-state index in [1.54, 1.807) is 34.9 Å². The number of esters is 2. The smallest absolute Gasteiger partial charge is 0.459 e. The van der Waals surface area contributed by atoms with Crippen molar-refractivity contribution in [3.05, 3.63) is 171 Å². The Kier molecular flexibility index (Phi) is 27.6. The first-order chi connectivity index (χ1) is 50.5. The molecule has 4 saturated heterocycles. The Morgan fingerprint density at radius 1 is 0.604 bits per heavy atom. The second-order valence-electron chi connectivity index (χ2n) is 27.3. The van der Waals surface area contributed by atoms with Crippen LogP contribution in [0.2, 0.25) is 0 Å². The molecule has 31 heteroatoms. The van der Waals surface area contributed by atoms with Gasteiger partial charge in [-0.05, 0) is 126 Å². The number of aryl methyl sites for hydroxylation is 2. The molecule has 2 amide bonds. The first-order valence-electron chi connectivity index (χ1n) is 35.0. The van der Waals surface area contributed by atoms with Gasteiger partial charge < -0.3 is 57.2 Å². The average Bonchev–Trinajstić information content (AvgIpc) is 1.62. The van der Waals surface area contributed by atoms with Crippen molar-refractivity contribution in [2.45, 2.75) is 172 Å². The Balaban J connectivity index is 0.000000248. The van der Waals surface area contributed by atoms with E-state index in [4.69, 9.17) is 60.2 Å². The van der Waals surface area contributed by atoms with Gasteiger partial charge in [-0.25, -0.2) is 37.2 Å². The van der Waals surface area contributed by atoms with Crippen molar-refractivity contribution in [3.63, 3.8) is 0 Å². The molecule has 2 aromatic heterocycles. The summed E-state index contributed by atoms with van der Waals surface area (Å²) >= 11 is 0. The SMILES string of the molecule is C#Cc1ccc(CN(CCOC(=O)OC[C@H]2O[C@@H](n3cc(C)c(=O)[nH]c3=O)CC2OC(C)=O)CC2CCCCN2C(=O)OC(C)(C)C)cc1.C#Cc1ccc(CN(CCOC(=O)OC[C@H]2O[C@@H](n3cc(C)c(=O)[nH]c3=O)CC2OC(C)=O)CC2CCCCN2C(=O)OCC2=Cc3ccccc3S2(=O)=O)cc1. The zero-order valence-electron chi connectivity index (χ0n) is 60.4. The predicted molar refractivity (Wildman–Crippen MR) is 382 cm³/mol. The number of terminal acetylenes is 2. The van der Waals surface area contributed by atoms with E-state index in [0.717, 1.165) is 54.4 Å². The van der Waals surface area contributed by atoms with Crippen molar-refractivity contribution in [1.29, 1.82) is 0 Å². The molecule has 30 nitrogen and oxygen atoms in total. The van der Waals surface area contributed by atoms with E-state index in [0.29, 0.717) is 63.4 Å². The molecule has 4 unspecified atom stereocenters. The third-order valence-electron chi connectivity index (χ3n) is 18.2. The molecule has 0 spiro atoms. The summed E-state index contributed by atoms with van der Waals surface area (Å²) in [6, 6.07) is 21.3. The molecule has 5 aromatic rings. The molecule has 5 aliphatic heterocycles. The minimum atomic E-state index is -3.75. The molecule has 106 heavy (non-hydrogen) atoms. The van der Waals surface area contributed by atoms with Crippen molar-refractivity contribution in [3.8, 4) is 24.7 Å². The molecule has 4 fully saturated rings. The molecule has 10 rings (SSSR count). The van der Waals surface area contributed by atoms with Crippen molar-refractivity contribution >= 4 is 52.3 Å². The molecule has 3 aromatic carbocycles. The van der Waals surface area contributed by atoms with Gasteiger partial charge in [0.15, 0.2) is 0 Å². The lowest BCUT2D eigenvalue weighted by Crippen LogP contribution is -2.51. The van der Waals surface area contributed by atoms with Gasteiger partial charge >= 0.3 is 47.8 Å². The maximum absolute atomic E-state index is 13.5. The van der Waals surface area contributed by atoms with E-state index in [9.17, 15) is 56.4 Å². The maximum Gasteiger partial charge on any atom is 0.508 e. The topological polar surface area (TPSA) is 352 Å². The van der Waals surface area contributed by atoms with Crippen LogP contribution in [-0.2, 0) is 79.9 Å². The molecule has 8 atom stereocenters. The number of amides is 2. The fourth-order valence-corrected chi connectivity index (χ4v) is 14.4. The lowest BCUT2D eigenvalue weighted by atomic mass is 10.0. The second-order valence-corrected chi connectivity index (χ2v) is 29.3. The lowest BCUT2D eigenvalue weighted by molar-refractivity contribution is -0.151. The van der Waals surface area contributed by atoms with Crippen molar-refractivity contribution in [1.82, 2.24) is 38.7 Å². The summed E-state index contributed by atoms with van der Waals surface area (Å²) in [5, 5.41) is 0. The summed E-state index contributed by atoms with van der Waals surface area (Å²) in [5.41, 5.74) is 1.50. The monoisotopic (exact) mass is 1490 g/mol. The van der Waals surface area contributed by atoms with Gasteiger partial charge in [0.1, 0.15) is 75.5 Å². The number of piperidine rings is 2. The molecule has 568 valence electrons. The molecule has 0 radical (unpaired) electrons. The largest absolute Gasteiger partial charge is 0.508 e. The number of nitrogens with zero attached hydrogens (tertiary/aromatic N) is 6. The zero-order chi connectivity index (χ0) is 76.4. The highest BCUT2D eigenvalue weighted by Gasteiger charge is 2.42. The average molecular weight is 1490 g/mol. The van der Waals surface area contributed by atoms with Gasteiger partial charge in [-0.2, -0.15) is 0 Å². The quantitative estimate of drug-likeness (QED) is 0.0356. The molecule has 0 aliphatic carbocycles. The number of aromatic amines is 2. The van der Waals surface area contributed by atoms with E-state index >= 15 is 0 Å². The normalized spacial score (nSPS) is 20.9. The van der Waals surface area contributed by atoms with E-state index < -0.39 is 105 Å². The second kappa shape index (κ2) is 36.6. The van der Waals surface area contributed by atoms with Crippen LogP contribution in [0, 0.1) is 38.5 Å². The van der Waals surface area contributed by atoms with E-state index in [2.05, 4.69) is 26.7 Å². The standard InChI is InChI=1S/C40H44N4O12S.C35H46N4O10/c1-4-28-12-14-29(15-13-28)22-42(23-31-10-7-8-16-43(31)39(48)53-24-32-19-30-9-5-6-11-35(30)57(32,50)51)17-18-52-40(49)54-25-34-33(55-27(3)45)20-36(56-34)44-21-26(2)37(46)41-38(44)47;1-7-25-11-13-26(14-12-25)20-37(21-27-10-8-9-15-38(27)33(43)49-35(4,5)6)16-17-45-34(44)46-22-29-28(47-24(3)40)18-30(48-29)39-19-23(2)31(41)36-32(39)42/h1,5-6,9,11-15,19,21,31,33-34,36H,7-8,10,16-18,20,22-25H2,2-3H3,(H,41,46,47);1,11-14,19,27-30H,8-10,15-18,20-22H2,2-6H3,(H,36,41,42)/t31?,33?,34-,36-;27?,28?,29-,30-/m11/s1. The fraction of sp³-hybridized carbons (Fsp3) is 0.493. The van der Waals surface area contributed by atoms with Crippen LogP contribution >= 0.6 is 0 Å². The van der Waals surface area contributed by atoms with Gasteiger partial charge in [-0.3, -0.25) is 48.1 Å². The molecule has 7 heterocycles. The number of ether oxygens (including phenoxy) is 10. The van der Waals surface area contributed by atoms with Gasteiger partial charge in [0.25, 0.3) is 11.1 Å². The van der Waals surface area contributed by atoms with Gasteiger partial charge in [-0.15, -0.1) is 12.8 Å². The molecular weight excluding hydrogens is 1400 g/mol. The minimum Gasteiger partial charge on any atom is -0.459 e. The number of carbonyl (C=O) groups excluding carboxylic acids is 6. The Hall–Kier alpha value is -10.3. The Morgan fingerprint density at radius 3 is 1.47 bits per heavy atom. The Labute approximate surface area is 613 Å². The number of sulfone groups is 1. The molecule has 2 N–H and O–H groups in total. The summed E-state index contributed by atoms with van der Waals surface area (Å²) in [6.07, 6.45) is 12.3. The minimum absolute atomic E-state index is 0.00595. The Bertz CT molecular complexity index is 4450. The molecule has 0 saturated carbocycles. The maximum atomic E-state index is 13.5. The summed E-state index contributed by atoms with van der Waals surface area (Å²) in [5.74, 6) is 4.05. The third-order valence-corrected chi connectivity index (χ3v) is 20.1. The van der Waals surface area contributed by atoms with Gasteiger partial charge in [0.05, 0.1) is 9.80 Å². The fourth-order valence-electron chi connectivity index (χ4n) is 13.0. The van der Waals surface area contributed by atoms with Crippen LogP contribution in [-0.4, -0.2) is 198 Å². The highest BCUT2D eigenvalue weighted by molar-refractivity contribution is 7.95. The van der Waals surface area contributed by atoms with Crippen LogP contribution in [0.3, 0.4) is 0 Å². The molecule has 0 bridgehead atoms. The number of carbonyl (C=O) groups is 6. The number of hydrogen-bond donors (Lipinski definition) is 2. The zero-order valence-corrected chi connectivity index (χ0v) is 61.2. The van der Waals surface area contributed by atoms with Crippen LogP contribution in [0.5, 0.6) is 0 Å². The predicted octanol–water partition coefficient (Wildman–Crippen LogP) is 7.01. The van der Waals surface area contributed by atoms with Crippen LogP contribution in [0.1, 0.15) is 137 Å². The summed E-state index contributed by atoms with van der Waals surface area (Å²) in [4.78, 5) is 136. The third kappa shape index (κ3) is 22.1. The summed E-state index contributed by atoms with van der Waals surface area (Å²) in [6.45, 7) is 13.4. The number of likely N-dealkylation sites (tertiary alicyclic amines) is 2. The number of nitrogens with one attached hydrogen (secondary N) is 2. The van der Waals surface area contributed by atoms with E-state index in [1.165, 1.54) is 54.4 Å². The van der Waals surface area contributed by atoms with Gasteiger partial charge in [-0.1, -0.05) is 54.3 Å². The number of H-pyrrole nitrogens is 2. The van der Waals surface area contributed by atoms with Crippen LogP contribution < -0.4 is 22.5 Å².